The number of nitrogens with one attached hydrogen (secondary N) is 2. The Labute approximate surface area is 116 Å². The third-order valence-electron chi connectivity index (χ3n) is 2.78. The van der Waals surface area contributed by atoms with E-state index in [4.69, 9.17) is 0 Å². The van der Waals surface area contributed by atoms with Gasteiger partial charge in [-0.2, -0.15) is 0 Å². The van der Waals surface area contributed by atoms with Crippen molar-refractivity contribution in [1.29, 1.82) is 0 Å². The average Bonchev–Trinajstić information content (AvgIpc) is 2.83. The van der Waals surface area contributed by atoms with Crippen LogP contribution in [0.5, 0.6) is 0 Å². The summed E-state index contributed by atoms with van der Waals surface area (Å²) in [6.45, 7) is 5.32. The number of aromatic nitrogens is 1. The molecule has 1 amide bonds. The number of carbonyl (C=O) groups is 1. The number of nitrogens with zero attached hydrogens (tertiary/aromatic N) is 1. The summed E-state index contributed by atoms with van der Waals surface area (Å²) in [4.78, 5) is 17.0. The van der Waals surface area contributed by atoms with Crippen LogP contribution in [0, 0.1) is 6.92 Å². The molecule has 0 radical (unpaired) electrons. The van der Waals surface area contributed by atoms with Gasteiger partial charge in [0.15, 0.2) is 0 Å². The number of anilines is 1. The summed E-state index contributed by atoms with van der Waals surface area (Å²) in [6, 6.07) is 7.49. The van der Waals surface area contributed by atoms with E-state index in [0.29, 0.717) is 12.1 Å². The number of rotatable bonds is 5. The van der Waals surface area contributed by atoms with Gasteiger partial charge in [-0.3, -0.25) is 4.79 Å². The Kier molecular flexibility index (Phi) is 4.52. The summed E-state index contributed by atoms with van der Waals surface area (Å²) in [5.74, 6) is -0.0349. The highest BCUT2D eigenvalue weighted by atomic mass is 32.1. The zero-order valence-electron chi connectivity index (χ0n) is 11.1. The molecule has 5 heteroatoms. The highest BCUT2D eigenvalue weighted by Gasteiger charge is 2.04. The Hall–Kier alpha value is -1.88. The Morgan fingerprint density at radius 1 is 1.32 bits per heavy atom. The Morgan fingerprint density at radius 2 is 2.05 bits per heavy atom. The molecular weight excluding hydrogens is 258 g/mol. The van der Waals surface area contributed by atoms with Crippen LogP contribution in [0.15, 0.2) is 29.8 Å². The summed E-state index contributed by atoms with van der Waals surface area (Å²) < 4.78 is 0. The minimum absolute atomic E-state index is 0.0349. The number of amides is 1. The number of hydrogen-bond donors (Lipinski definition) is 2. The van der Waals surface area contributed by atoms with Crippen LogP contribution in [0.3, 0.4) is 0 Å². The Morgan fingerprint density at radius 3 is 2.63 bits per heavy atom. The lowest BCUT2D eigenvalue weighted by Crippen LogP contribution is -2.22. The summed E-state index contributed by atoms with van der Waals surface area (Å²) in [5, 5.41) is 6.10. The van der Waals surface area contributed by atoms with E-state index in [9.17, 15) is 4.79 Å². The van der Waals surface area contributed by atoms with Gasteiger partial charge in [0.2, 0.25) is 0 Å². The molecule has 100 valence electrons. The van der Waals surface area contributed by atoms with Crippen molar-refractivity contribution in [3.63, 3.8) is 0 Å². The second-order valence-corrected chi connectivity index (χ2v) is 5.09. The van der Waals surface area contributed by atoms with Crippen LogP contribution in [0.2, 0.25) is 0 Å². The maximum absolute atomic E-state index is 11.6. The fourth-order valence-electron chi connectivity index (χ4n) is 1.68. The number of aryl methyl sites for hydroxylation is 1. The lowest BCUT2D eigenvalue weighted by molar-refractivity contribution is 0.0956. The quantitative estimate of drug-likeness (QED) is 0.882. The van der Waals surface area contributed by atoms with Gasteiger partial charge in [-0.05, 0) is 38.1 Å². The predicted octanol–water partition coefficient (Wildman–Crippen LogP) is 2.81. The van der Waals surface area contributed by atoms with Crippen LogP contribution in [0.1, 0.15) is 27.9 Å². The lowest BCUT2D eigenvalue weighted by Gasteiger charge is -2.07. The first-order chi connectivity index (χ1) is 9.20. The lowest BCUT2D eigenvalue weighted by atomic mass is 10.2. The highest BCUT2D eigenvalue weighted by molar-refractivity contribution is 7.09. The largest absolute Gasteiger partial charge is 0.380 e. The van der Waals surface area contributed by atoms with Crippen LogP contribution in [-0.2, 0) is 6.54 Å². The first-order valence-corrected chi connectivity index (χ1v) is 7.09. The van der Waals surface area contributed by atoms with E-state index in [2.05, 4.69) is 15.6 Å². The summed E-state index contributed by atoms with van der Waals surface area (Å²) in [5.41, 5.74) is 4.60. The molecule has 0 fully saturated rings. The van der Waals surface area contributed by atoms with E-state index in [-0.39, 0.29) is 5.91 Å². The molecule has 1 heterocycles. The predicted molar refractivity (Wildman–Crippen MR) is 78.6 cm³/mol. The van der Waals surface area contributed by atoms with Crippen molar-refractivity contribution in [1.82, 2.24) is 10.3 Å². The van der Waals surface area contributed by atoms with E-state index >= 15 is 0 Å². The molecule has 0 aliphatic rings. The molecule has 1 aromatic carbocycles. The van der Waals surface area contributed by atoms with Gasteiger partial charge in [-0.25, -0.2) is 4.98 Å². The third kappa shape index (κ3) is 3.54. The van der Waals surface area contributed by atoms with Crippen LogP contribution in [0.4, 0.5) is 5.69 Å². The monoisotopic (exact) mass is 275 g/mol. The van der Waals surface area contributed by atoms with Gasteiger partial charge in [-0.1, -0.05) is 0 Å². The minimum atomic E-state index is -0.0349. The van der Waals surface area contributed by atoms with Gasteiger partial charge in [0.05, 0.1) is 17.7 Å². The second-order valence-electron chi connectivity index (χ2n) is 4.15. The van der Waals surface area contributed by atoms with E-state index in [1.165, 1.54) is 4.88 Å². The molecular formula is C14H17N3OS. The van der Waals surface area contributed by atoms with E-state index in [1.807, 2.05) is 43.6 Å². The number of benzene rings is 1. The zero-order chi connectivity index (χ0) is 13.7. The Balaban J connectivity index is 1.95. The molecule has 0 bridgehead atoms. The molecule has 0 atom stereocenters. The fourth-order valence-corrected chi connectivity index (χ4v) is 2.40. The fraction of sp³-hybridized carbons (Fsp3) is 0.286. The second kappa shape index (κ2) is 6.33. The maximum Gasteiger partial charge on any atom is 0.251 e. The van der Waals surface area contributed by atoms with Crippen molar-refractivity contribution in [2.45, 2.75) is 20.4 Å². The van der Waals surface area contributed by atoms with Crippen molar-refractivity contribution in [3.05, 3.63) is 45.9 Å². The van der Waals surface area contributed by atoms with Gasteiger partial charge in [0, 0.05) is 22.7 Å². The average molecular weight is 275 g/mol. The summed E-state index contributed by atoms with van der Waals surface area (Å²) >= 11 is 1.65. The van der Waals surface area contributed by atoms with Crippen molar-refractivity contribution < 1.29 is 4.79 Å². The normalized spacial score (nSPS) is 10.2. The molecule has 2 rings (SSSR count). The van der Waals surface area contributed by atoms with E-state index in [1.54, 1.807) is 11.3 Å². The molecule has 0 spiro atoms. The van der Waals surface area contributed by atoms with Crippen LogP contribution >= 0.6 is 11.3 Å². The smallest absolute Gasteiger partial charge is 0.251 e. The van der Waals surface area contributed by atoms with Gasteiger partial charge in [0.25, 0.3) is 5.91 Å². The number of carbonyl (C=O) groups excluding carboxylic acids is 1. The SMILES string of the molecule is CCNC(=O)c1ccc(NCc2scnc2C)cc1. The van der Waals surface area contributed by atoms with Gasteiger partial charge in [0.1, 0.15) is 0 Å². The van der Waals surface area contributed by atoms with E-state index < -0.39 is 0 Å². The van der Waals surface area contributed by atoms with Gasteiger partial charge >= 0.3 is 0 Å². The molecule has 2 aromatic rings. The van der Waals surface area contributed by atoms with Gasteiger partial charge < -0.3 is 10.6 Å². The molecule has 0 saturated carbocycles. The number of thiazole rings is 1. The van der Waals surface area contributed by atoms with Gasteiger partial charge in [-0.15, -0.1) is 11.3 Å². The first-order valence-electron chi connectivity index (χ1n) is 6.21. The molecule has 0 saturated heterocycles. The van der Waals surface area contributed by atoms with Crippen molar-refractivity contribution >= 4 is 22.9 Å². The van der Waals surface area contributed by atoms with E-state index in [0.717, 1.165) is 17.9 Å². The molecule has 2 N–H and O–H groups in total. The zero-order valence-corrected chi connectivity index (χ0v) is 11.9. The third-order valence-corrected chi connectivity index (χ3v) is 3.72. The van der Waals surface area contributed by atoms with Crippen LogP contribution in [0.25, 0.3) is 0 Å². The molecule has 4 nitrogen and oxygen atoms in total. The molecule has 0 aliphatic carbocycles. The summed E-state index contributed by atoms with van der Waals surface area (Å²) in [6.07, 6.45) is 0. The topological polar surface area (TPSA) is 54.0 Å². The first kappa shape index (κ1) is 13.5. The maximum atomic E-state index is 11.6. The van der Waals surface area contributed by atoms with Crippen molar-refractivity contribution in [3.8, 4) is 0 Å². The standard InChI is InChI=1S/C14H17N3OS/c1-3-15-14(18)11-4-6-12(7-5-11)16-8-13-10(2)17-9-19-13/h4-7,9,16H,3,8H2,1-2H3,(H,15,18). The number of hydrogen-bond acceptors (Lipinski definition) is 4. The van der Waals surface area contributed by atoms with Crippen molar-refractivity contribution in [2.75, 3.05) is 11.9 Å². The summed E-state index contributed by atoms with van der Waals surface area (Å²) in [7, 11) is 0. The molecule has 19 heavy (non-hydrogen) atoms. The Bertz CT molecular complexity index is 548. The molecule has 1 aromatic heterocycles. The molecule has 0 aliphatic heterocycles. The van der Waals surface area contributed by atoms with Crippen LogP contribution in [-0.4, -0.2) is 17.4 Å². The highest BCUT2D eigenvalue weighted by Crippen LogP contribution is 2.15. The minimum Gasteiger partial charge on any atom is -0.380 e. The molecule has 0 unspecified atom stereocenters. The van der Waals surface area contributed by atoms with Crippen LogP contribution < -0.4 is 10.6 Å². The van der Waals surface area contributed by atoms with Crippen molar-refractivity contribution in [2.24, 2.45) is 0 Å².